The van der Waals surface area contributed by atoms with Crippen LogP contribution >= 0.6 is 0 Å². The minimum atomic E-state index is 0.628. The summed E-state index contributed by atoms with van der Waals surface area (Å²) in [6.45, 7) is 7.31. The number of rotatable bonds is 4. The van der Waals surface area contributed by atoms with Crippen LogP contribution in [0.15, 0.2) is 6.07 Å². The summed E-state index contributed by atoms with van der Waals surface area (Å²) in [7, 11) is 3.93. The maximum atomic E-state index is 4.41. The first-order valence-corrected chi connectivity index (χ1v) is 5.27. The Morgan fingerprint density at radius 1 is 1.40 bits per heavy atom. The van der Waals surface area contributed by atoms with Crippen LogP contribution in [0.25, 0.3) is 0 Å². The Labute approximate surface area is 91.7 Å². The van der Waals surface area contributed by atoms with Gasteiger partial charge in [0.2, 0.25) is 0 Å². The molecule has 1 aromatic rings. The van der Waals surface area contributed by atoms with Crippen LogP contribution in [0.4, 0.5) is 11.6 Å². The molecule has 0 aromatic carbocycles. The lowest BCUT2D eigenvalue weighted by molar-refractivity contribution is 0.633. The molecule has 0 spiro atoms. The SMILES string of the molecule is CNc1cc(N(C)CC(C)C)nc(C)n1. The Hall–Kier alpha value is -1.32. The summed E-state index contributed by atoms with van der Waals surface area (Å²) in [5.74, 6) is 3.27. The lowest BCUT2D eigenvalue weighted by Gasteiger charge is -2.21. The van der Waals surface area contributed by atoms with E-state index in [1.165, 1.54) is 0 Å². The fourth-order valence-corrected chi connectivity index (χ4v) is 1.52. The standard InChI is InChI=1S/C11H20N4/c1-8(2)7-15(5)11-6-10(12-4)13-9(3)14-11/h6,8H,7H2,1-5H3,(H,12,13,14). The summed E-state index contributed by atoms with van der Waals surface area (Å²) >= 11 is 0. The summed E-state index contributed by atoms with van der Waals surface area (Å²) in [4.78, 5) is 10.8. The zero-order valence-electron chi connectivity index (χ0n) is 10.2. The molecular weight excluding hydrogens is 188 g/mol. The van der Waals surface area contributed by atoms with Gasteiger partial charge in [-0.15, -0.1) is 0 Å². The average molecular weight is 208 g/mol. The molecule has 0 amide bonds. The van der Waals surface area contributed by atoms with Gasteiger partial charge in [-0.05, 0) is 12.8 Å². The lowest BCUT2D eigenvalue weighted by Crippen LogP contribution is -2.24. The molecule has 0 radical (unpaired) electrons. The van der Waals surface area contributed by atoms with Crippen molar-refractivity contribution in [2.45, 2.75) is 20.8 Å². The zero-order chi connectivity index (χ0) is 11.4. The van der Waals surface area contributed by atoms with Crippen molar-refractivity contribution in [2.24, 2.45) is 5.92 Å². The van der Waals surface area contributed by atoms with Gasteiger partial charge in [0.1, 0.15) is 17.5 Å². The number of hydrogen-bond donors (Lipinski definition) is 1. The van der Waals surface area contributed by atoms with E-state index in [0.717, 1.165) is 24.0 Å². The van der Waals surface area contributed by atoms with Crippen LogP contribution in [0, 0.1) is 12.8 Å². The highest BCUT2D eigenvalue weighted by Crippen LogP contribution is 2.15. The molecule has 0 saturated carbocycles. The minimum Gasteiger partial charge on any atom is -0.373 e. The molecule has 0 fully saturated rings. The molecule has 1 N–H and O–H groups in total. The summed E-state index contributed by atoms with van der Waals surface area (Å²) in [6.07, 6.45) is 0. The van der Waals surface area contributed by atoms with Crippen LogP contribution in [0.1, 0.15) is 19.7 Å². The highest BCUT2D eigenvalue weighted by Gasteiger charge is 2.07. The van der Waals surface area contributed by atoms with Crippen LogP contribution in [-0.2, 0) is 0 Å². The first-order chi connectivity index (χ1) is 7.02. The van der Waals surface area contributed by atoms with Gasteiger partial charge in [-0.3, -0.25) is 0 Å². The van der Waals surface area contributed by atoms with E-state index in [-0.39, 0.29) is 0 Å². The van der Waals surface area contributed by atoms with E-state index < -0.39 is 0 Å². The van der Waals surface area contributed by atoms with Gasteiger partial charge in [0, 0.05) is 26.7 Å². The number of anilines is 2. The minimum absolute atomic E-state index is 0.628. The highest BCUT2D eigenvalue weighted by molar-refractivity contribution is 5.48. The molecule has 1 heterocycles. The molecule has 1 aromatic heterocycles. The predicted octanol–water partition coefficient (Wildman–Crippen LogP) is 1.92. The summed E-state index contributed by atoms with van der Waals surface area (Å²) < 4.78 is 0. The normalized spacial score (nSPS) is 10.5. The first kappa shape index (κ1) is 11.8. The molecule has 0 aliphatic rings. The summed E-state index contributed by atoms with van der Waals surface area (Å²) in [6, 6.07) is 1.97. The van der Waals surface area contributed by atoms with E-state index in [2.05, 4.69) is 41.1 Å². The van der Waals surface area contributed by atoms with Gasteiger partial charge in [0.05, 0.1) is 0 Å². The maximum absolute atomic E-state index is 4.41. The van der Waals surface area contributed by atoms with Gasteiger partial charge in [-0.1, -0.05) is 13.8 Å². The van der Waals surface area contributed by atoms with Crippen LogP contribution in [0.5, 0.6) is 0 Å². The third-order valence-electron chi connectivity index (χ3n) is 2.11. The van der Waals surface area contributed by atoms with Crippen molar-refractivity contribution in [1.82, 2.24) is 9.97 Å². The van der Waals surface area contributed by atoms with Gasteiger partial charge < -0.3 is 10.2 Å². The van der Waals surface area contributed by atoms with Crippen molar-refractivity contribution in [3.8, 4) is 0 Å². The molecule has 84 valence electrons. The smallest absolute Gasteiger partial charge is 0.134 e. The monoisotopic (exact) mass is 208 g/mol. The van der Waals surface area contributed by atoms with E-state index in [9.17, 15) is 0 Å². The number of aryl methyl sites for hydroxylation is 1. The van der Waals surface area contributed by atoms with E-state index in [0.29, 0.717) is 5.92 Å². The third-order valence-corrected chi connectivity index (χ3v) is 2.11. The van der Waals surface area contributed by atoms with E-state index in [1.54, 1.807) is 0 Å². The van der Waals surface area contributed by atoms with Crippen molar-refractivity contribution >= 4 is 11.6 Å². The average Bonchev–Trinajstić information content (AvgIpc) is 2.15. The maximum Gasteiger partial charge on any atom is 0.134 e. The molecular formula is C11H20N4. The zero-order valence-corrected chi connectivity index (χ0v) is 10.2. The van der Waals surface area contributed by atoms with Crippen LogP contribution in [0.3, 0.4) is 0 Å². The predicted molar refractivity (Wildman–Crippen MR) is 64.4 cm³/mol. The largest absolute Gasteiger partial charge is 0.373 e. The fourth-order valence-electron chi connectivity index (χ4n) is 1.52. The van der Waals surface area contributed by atoms with E-state index >= 15 is 0 Å². The summed E-state index contributed by atoms with van der Waals surface area (Å²) in [5.41, 5.74) is 0. The Kier molecular flexibility index (Phi) is 3.88. The van der Waals surface area contributed by atoms with Crippen molar-refractivity contribution in [2.75, 3.05) is 30.9 Å². The van der Waals surface area contributed by atoms with Gasteiger partial charge in [-0.2, -0.15) is 0 Å². The van der Waals surface area contributed by atoms with Crippen molar-refractivity contribution < 1.29 is 0 Å². The van der Waals surface area contributed by atoms with E-state index in [4.69, 9.17) is 0 Å². The number of nitrogens with one attached hydrogen (secondary N) is 1. The second kappa shape index (κ2) is 4.96. The molecule has 0 saturated heterocycles. The molecule has 0 aliphatic heterocycles. The van der Waals surface area contributed by atoms with Crippen LogP contribution in [-0.4, -0.2) is 30.6 Å². The Balaban J connectivity index is 2.88. The second-order valence-electron chi connectivity index (χ2n) is 4.18. The summed E-state index contributed by atoms with van der Waals surface area (Å²) in [5, 5.41) is 3.04. The molecule has 15 heavy (non-hydrogen) atoms. The topological polar surface area (TPSA) is 41.0 Å². The van der Waals surface area contributed by atoms with Gasteiger partial charge >= 0.3 is 0 Å². The highest BCUT2D eigenvalue weighted by atomic mass is 15.2. The Morgan fingerprint density at radius 2 is 2.07 bits per heavy atom. The molecule has 0 bridgehead atoms. The van der Waals surface area contributed by atoms with Crippen LogP contribution in [0.2, 0.25) is 0 Å². The second-order valence-corrected chi connectivity index (χ2v) is 4.18. The molecule has 0 atom stereocenters. The Morgan fingerprint density at radius 3 is 2.60 bits per heavy atom. The number of aromatic nitrogens is 2. The van der Waals surface area contributed by atoms with Gasteiger partial charge in [-0.25, -0.2) is 9.97 Å². The van der Waals surface area contributed by atoms with Crippen molar-refractivity contribution in [3.05, 3.63) is 11.9 Å². The Bertz CT molecular complexity index is 322. The van der Waals surface area contributed by atoms with Crippen molar-refractivity contribution in [3.63, 3.8) is 0 Å². The quantitative estimate of drug-likeness (QED) is 0.820. The number of hydrogen-bond acceptors (Lipinski definition) is 4. The lowest BCUT2D eigenvalue weighted by atomic mass is 10.2. The molecule has 0 aliphatic carbocycles. The van der Waals surface area contributed by atoms with Gasteiger partial charge in [0.15, 0.2) is 0 Å². The fraction of sp³-hybridized carbons (Fsp3) is 0.636. The van der Waals surface area contributed by atoms with Gasteiger partial charge in [0.25, 0.3) is 0 Å². The molecule has 4 nitrogen and oxygen atoms in total. The first-order valence-electron chi connectivity index (χ1n) is 5.27. The number of nitrogens with zero attached hydrogens (tertiary/aromatic N) is 3. The molecule has 0 unspecified atom stereocenters. The van der Waals surface area contributed by atoms with E-state index in [1.807, 2.05) is 20.0 Å². The molecule has 4 heteroatoms. The van der Waals surface area contributed by atoms with Crippen LogP contribution < -0.4 is 10.2 Å². The third kappa shape index (κ3) is 3.38. The molecule has 1 rings (SSSR count). The van der Waals surface area contributed by atoms with Crippen molar-refractivity contribution in [1.29, 1.82) is 0 Å².